The van der Waals surface area contributed by atoms with Crippen molar-refractivity contribution in [2.24, 2.45) is 0 Å². The third-order valence-electron chi connectivity index (χ3n) is 4.12. The van der Waals surface area contributed by atoms with Gasteiger partial charge in [-0.25, -0.2) is 0 Å². The Kier molecular flexibility index (Phi) is 6.93. The van der Waals surface area contributed by atoms with E-state index in [0.29, 0.717) is 23.0 Å². The maximum atomic E-state index is 12.4. The molecule has 27 heavy (non-hydrogen) atoms. The fourth-order valence-corrected chi connectivity index (χ4v) is 2.89. The molecule has 0 aliphatic carbocycles. The Hall–Kier alpha value is -2.89. The Bertz CT molecular complexity index is 783. The number of methoxy groups -OCH3 is 3. The third kappa shape index (κ3) is 5.06. The second-order valence-corrected chi connectivity index (χ2v) is 6.29. The van der Waals surface area contributed by atoms with Crippen molar-refractivity contribution in [3.05, 3.63) is 47.0 Å². The number of rotatable bonds is 8. The molecule has 1 atom stereocenters. The van der Waals surface area contributed by atoms with Crippen LogP contribution in [0, 0.1) is 13.8 Å². The monoisotopic (exact) mass is 373 g/mol. The summed E-state index contributed by atoms with van der Waals surface area (Å²) in [5.41, 5.74) is 2.96. The predicted molar refractivity (Wildman–Crippen MR) is 104 cm³/mol. The van der Waals surface area contributed by atoms with Gasteiger partial charge < -0.3 is 24.3 Å². The van der Waals surface area contributed by atoms with Crippen LogP contribution in [0.15, 0.2) is 30.3 Å². The maximum absolute atomic E-state index is 12.4. The summed E-state index contributed by atoms with van der Waals surface area (Å²) in [5.74, 6) is 2.05. The number of hydrogen-bond donors (Lipinski definition) is 1. The van der Waals surface area contributed by atoms with Crippen LogP contribution < -0.4 is 24.3 Å². The zero-order valence-electron chi connectivity index (χ0n) is 16.7. The molecule has 1 amide bonds. The molecule has 0 saturated heterocycles. The Morgan fingerprint density at radius 3 is 2.15 bits per heavy atom. The molecule has 0 aliphatic rings. The normalized spacial score (nSPS) is 11.5. The number of amides is 1. The van der Waals surface area contributed by atoms with Crippen molar-refractivity contribution in [3.8, 4) is 23.0 Å². The van der Waals surface area contributed by atoms with Gasteiger partial charge in [0, 0.05) is 12.1 Å². The van der Waals surface area contributed by atoms with Crippen LogP contribution in [-0.2, 0) is 11.3 Å². The van der Waals surface area contributed by atoms with Gasteiger partial charge >= 0.3 is 0 Å². The van der Waals surface area contributed by atoms with E-state index in [1.54, 1.807) is 34.3 Å². The molecular formula is C21H27NO5. The summed E-state index contributed by atoms with van der Waals surface area (Å²) in [6.07, 6.45) is -0.627. The van der Waals surface area contributed by atoms with Crippen LogP contribution in [0.4, 0.5) is 0 Å². The Balaban J connectivity index is 2.06. The van der Waals surface area contributed by atoms with Crippen LogP contribution in [0.25, 0.3) is 0 Å². The minimum atomic E-state index is -0.627. The third-order valence-corrected chi connectivity index (χ3v) is 4.12. The Morgan fingerprint density at radius 2 is 1.59 bits per heavy atom. The molecule has 6 heteroatoms. The van der Waals surface area contributed by atoms with Crippen LogP contribution in [0.1, 0.15) is 23.6 Å². The van der Waals surface area contributed by atoms with Gasteiger partial charge in [0.1, 0.15) is 5.75 Å². The second kappa shape index (κ2) is 9.16. The number of carbonyl (C=O) groups excluding carboxylic acids is 1. The molecule has 146 valence electrons. The molecule has 6 nitrogen and oxygen atoms in total. The van der Waals surface area contributed by atoms with Crippen molar-refractivity contribution in [1.82, 2.24) is 5.32 Å². The highest BCUT2D eigenvalue weighted by Gasteiger charge is 2.19. The van der Waals surface area contributed by atoms with Crippen molar-refractivity contribution < 1.29 is 23.7 Å². The van der Waals surface area contributed by atoms with E-state index in [4.69, 9.17) is 18.9 Å². The lowest BCUT2D eigenvalue weighted by atomic mass is 10.1. The standard InChI is InChI=1S/C21H27NO5/c1-13-9-14(2)11-17(10-13)27-15(3)21(23)22-12-16-7-8-18(24-4)20(26-6)19(16)25-5/h7-11,15H,12H2,1-6H3,(H,22,23)/t15-/m0/s1. The summed E-state index contributed by atoms with van der Waals surface area (Å²) in [6.45, 7) is 5.99. The van der Waals surface area contributed by atoms with E-state index >= 15 is 0 Å². The fourth-order valence-electron chi connectivity index (χ4n) is 2.89. The summed E-state index contributed by atoms with van der Waals surface area (Å²) in [5, 5.41) is 2.87. The van der Waals surface area contributed by atoms with E-state index < -0.39 is 6.10 Å². The lowest BCUT2D eigenvalue weighted by Gasteiger charge is -2.18. The summed E-state index contributed by atoms with van der Waals surface area (Å²) in [7, 11) is 4.65. The van der Waals surface area contributed by atoms with Crippen LogP contribution >= 0.6 is 0 Å². The minimum Gasteiger partial charge on any atom is -0.493 e. The second-order valence-electron chi connectivity index (χ2n) is 6.29. The molecule has 0 unspecified atom stereocenters. The highest BCUT2D eigenvalue weighted by Crippen LogP contribution is 2.39. The highest BCUT2D eigenvalue weighted by molar-refractivity contribution is 5.80. The number of aryl methyl sites for hydroxylation is 2. The fraction of sp³-hybridized carbons (Fsp3) is 0.381. The number of carbonyl (C=O) groups is 1. The zero-order chi connectivity index (χ0) is 20.0. The van der Waals surface area contributed by atoms with E-state index in [9.17, 15) is 4.79 Å². The average molecular weight is 373 g/mol. The van der Waals surface area contributed by atoms with Gasteiger partial charge in [-0.15, -0.1) is 0 Å². The van der Waals surface area contributed by atoms with E-state index in [-0.39, 0.29) is 12.5 Å². The number of benzene rings is 2. The topological polar surface area (TPSA) is 66.0 Å². The van der Waals surface area contributed by atoms with Gasteiger partial charge in [0.15, 0.2) is 17.6 Å². The van der Waals surface area contributed by atoms with Gasteiger partial charge in [0.2, 0.25) is 5.75 Å². The van der Waals surface area contributed by atoms with E-state index in [0.717, 1.165) is 16.7 Å². The van der Waals surface area contributed by atoms with Gasteiger partial charge in [-0.3, -0.25) is 4.79 Å². The molecule has 2 aromatic rings. The first-order chi connectivity index (χ1) is 12.9. The number of ether oxygens (including phenoxy) is 4. The van der Waals surface area contributed by atoms with E-state index in [1.807, 2.05) is 32.0 Å². The molecular weight excluding hydrogens is 346 g/mol. The molecule has 0 bridgehead atoms. The van der Waals surface area contributed by atoms with Crippen LogP contribution in [-0.4, -0.2) is 33.3 Å². The van der Waals surface area contributed by atoms with Gasteiger partial charge in [0.25, 0.3) is 5.91 Å². The van der Waals surface area contributed by atoms with E-state index in [2.05, 4.69) is 11.4 Å². The van der Waals surface area contributed by atoms with Gasteiger partial charge in [-0.05, 0) is 56.2 Å². The van der Waals surface area contributed by atoms with E-state index in [1.165, 1.54) is 0 Å². The molecule has 0 aliphatic heterocycles. The minimum absolute atomic E-state index is 0.217. The van der Waals surface area contributed by atoms with Gasteiger partial charge in [0.05, 0.1) is 21.3 Å². The van der Waals surface area contributed by atoms with Crippen molar-refractivity contribution in [1.29, 1.82) is 0 Å². The van der Waals surface area contributed by atoms with Crippen LogP contribution in [0.2, 0.25) is 0 Å². The lowest BCUT2D eigenvalue weighted by molar-refractivity contribution is -0.127. The predicted octanol–water partition coefficient (Wildman–Crippen LogP) is 3.41. The van der Waals surface area contributed by atoms with Crippen molar-refractivity contribution in [2.75, 3.05) is 21.3 Å². The summed E-state index contributed by atoms with van der Waals surface area (Å²) < 4.78 is 21.9. The molecule has 0 spiro atoms. The van der Waals surface area contributed by atoms with Crippen molar-refractivity contribution >= 4 is 5.91 Å². The molecule has 1 N–H and O–H groups in total. The maximum Gasteiger partial charge on any atom is 0.261 e. The molecule has 0 fully saturated rings. The van der Waals surface area contributed by atoms with Crippen LogP contribution in [0.3, 0.4) is 0 Å². The van der Waals surface area contributed by atoms with Gasteiger partial charge in [-0.2, -0.15) is 0 Å². The first-order valence-electron chi connectivity index (χ1n) is 8.70. The Labute approximate surface area is 160 Å². The first-order valence-corrected chi connectivity index (χ1v) is 8.70. The number of hydrogen-bond acceptors (Lipinski definition) is 5. The largest absolute Gasteiger partial charge is 0.493 e. The zero-order valence-corrected chi connectivity index (χ0v) is 16.7. The average Bonchev–Trinajstić information content (AvgIpc) is 2.63. The van der Waals surface area contributed by atoms with Crippen molar-refractivity contribution in [3.63, 3.8) is 0 Å². The molecule has 0 saturated carbocycles. The number of nitrogens with one attached hydrogen (secondary N) is 1. The molecule has 2 aromatic carbocycles. The lowest BCUT2D eigenvalue weighted by Crippen LogP contribution is -2.36. The molecule has 0 heterocycles. The smallest absolute Gasteiger partial charge is 0.261 e. The Morgan fingerprint density at radius 1 is 0.963 bits per heavy atom. The van der Waals surface area contributed by atoms with Crippen LogP contribution in [0.5, 0.6) is 23.0 Å². The molecule has 0 aromatic heterocycles. The summed E-state index contributed by atoms with van der Waals surface area (Å²) in [6, 6.07) is 9.48. The van der Waals surface area contributed by atoms with Crippen molar-refractivity contribution in [2.45, 2.75) is 33.4 Å². The first kappa shape index (κ1) is 20.4. The highest BCUT2D eigenvalue weighted by atomic mass is 16.5. The van der Waals surface area contributed by atoms with Gasteiger partial charge in [-0.1, -0.05) is 6.07 Å². The quantitative estimate of drug-likeness (QED) is 0.768. The molecule has 0 radical (unpaired) electrons. The summed E-state index contributed by atoms with van der Waals surface area (Å²) in [4.78, 5) is 12.4. The SMILES string of the molecule is COc1ccc(CNC(=O)[C@H](C)Oc2cc(C)cc(C)c2)c(OC)c1OC. The summed E-state index contributed by atoms with van der Waals surface area (Å²) >= 11 is 0. The molecule has 2 rings (SSSR count).